The molecule has 0 aliphatic carbocycles. The second-order valence-corrected chi connectivity index (χ2v) is 4.25. The summed E-state index contributed by atoms with van der Waals surface area (Å²) in [5.74, 6) is 2.00. The zero-order valence-corrected chi connectivity index (χ0v) is 8.97. The molecule has 4 heteroatoms. The molecule has 84 valence electrons. The summed E-state index contributed by atoms with van der Waals surface area (Å²) in [6, 6.07) is 3.84. The van der Waals surface area contributed by atoms with Gasteiger partial charge in [0.15, 0.2) is 0 Å². The molecule has 0 spiro atoms. The van der Waals surface area contributed by atoms with Crippen LogP contribution in [0, 0.1) is 0 Å². The maximum atomic E-state index is 9.55. The first-order valence-corrected chi connectivity index (χ1v) is 5.56. The van der Waals surface area contributed by atoms with Crippen molar-refractivity contribution in [3.63, 3.8) is 0 Å². The van der Waals surface area contributed by atoms with Crippen LogP contribution in [0.3, 0.4) is 0 Å². The van der Waals surface area contributed by atoms with E-state index >= 15 is 0 Å². The van der Waals surface area contributed by atoms with Crippen LogP contribution in [-0.4, -0.2) is 20.8 Å². The van der Waals surface area contributed by atoms with Crippen molar-refractivity contribution in [1.82, 2.24) is 9.55 Å². The van der Waals surface area contributed by atoms with Gasteiger partial charge in [-0.3, -0.25) is 0 Å². The Balaban J connectivity index is 1.82. The van der Waals surface area contributed by atoms with Gasteiger partial charge in [0.25, 0.3) is 0 Å². The third-order valence-corrected chi connectivity index (χ3v) is 2.95. The molecule has 2 aromatic rings. The van der Waals surface area contributed by atoms with E-state index in [9.17, 15) is 5.11 Å². The highest BCUT2D eigenvalue weighted by atomic mass is 16.3. The molecule has 0 radical (unpaired) electrons. The quantitative estimate of drug-likeness (QED) is 0.828. The first kappa shape index (κ1) is 9.66. The van der Waals surface area contributed by atoms with Gasteiger partial charge >= 0.3 is 0 Å². The van der Waals surface area contributed by atoms with E-state index < -0.39 is 0 Å². The predicted molar refractivity (Wildman–Crippen MR) is 58.1 cm³/mol. The Hall–Kier alpha value is -1.55. The summed E-state index contributed by atoms with van der Waals surface area (Å²) < 4.78 is 7.34. The molecule has 3 rings (SSSR count). The Labute approximate surface area is 93.5 Å². The third-order valence-electron chi connectivity index (χ3n) is 2.95. The molecule has 1 N–H and O–H groups in total. The molecule has 2 aromatic heterocycles. The number of fused-ring (bicyclic) bond motifs is 1. The van der Waals surface area contributed by atoms with Crippen LogP contribution in [0.25, 0.3) is 0 Å². The van der Waals surface area contributed by atoms with Crippen LogP contribution in [0.1, 0.15) is 23.7 Å². The Kier molecular flexibility index (Phi) is 2.29. The molecule has 0 aromatic carbocycles. The molecular formula is C12H14N2O2. The van der Waals surface area contributed by atoms with Gasteiger partial charge in [-0.2, -0.15) is 0 Å². The van der Waals surface area contributed by atoms with Gasteiger partial charge in [-0.05, 0) is 18.6 Å². The fourth-order valence-electron chi connectivity index (χ4n) is 2.16. The number of nitrogens with zero attached hydrogens (tertiary/aromatic N) is 2. The largest absolute Gasteiger partial charge is 0.469 e. The summed E-state index contributed by atoms with van der Waals surface area (Å²) in [4.78, 5) is 4.55. The number of aromatic nitrogens is 2. The fraction of sp³-hybridized carbons (Fsp3) is 0.417. The van der Waals surface area contributed by atoms with E-state index in [4.69, 9.17) is 4.42 Å². The number of aryl methyl sites for hydroxylation is 1. The van der Waals surface area contributed by atoms with Crippen LogP contribution >= 0.6 is 0 Å². The lowest BCUT2D eigenvalue weighted by atomic mass is 10.1. The highest BCUT2D eigenvalue weighted by molar-refractivity contribution is 5.14. The molecule has 16 heavy (non-hydrogen) atoms. The van der Waals surface area contributed by atoms with Crippen molar-refractivity contribution in [3.8, 4) is 0 Å². The molecule has 1 unspecified atom stereocenters. The average molecular weight is 218 g/mol. The van der Waals surface area contributed by atoms with Crippen LogP contribution in [0.5, 0.6) is 0 Å². The molecule has 1 aliphatic heterocycles. The molecule has 0 saturated heterocycles. The van der Waals surface area contributed by atoms with Crippen molar-refractivity contribution in [2.24, 2.45) is 0 Å². The van der Waals surface area contributed by atoms with Crippen LogP contribution in [0.15, 0.2) is 29.0 Å². The van der Waals surface area contributed by atoms with Crippen molar-refractivity contribution in [2.75, 3.05) is 0 Å². The first-order chi connectivity index (χ1) is 7.81. The van der Waals surface area contributed by atoms with Crippen LogP contribution in [0.2, 0.25) is 0 Å². The topological polar surface area (TPSA) is 51.2 Å². The minimum Gasteiger partial charge on any atom is -0.469 e. The zero-order chi connectivity index (χ0) is 11.0. The standard InChI is InChI=1S/C12H14N2O2/c15-10-3-4-12-13-9(7-14(12)8-10)6-11-2-1-5-16-11/h1-2,5,7,10,15H,3-4,6,8H2. The van der Waals surface area contributed by atoms with Gasteiger partial charge in [0, 0.05) is 25.6 Å². The first-order valence-electron chi connectivity index (χ1n) is 5.56. The Morgan fingerprint density at radius 2 is 2.50 bits per heavy atom. The highest BCUT2D eigenvalue weighted by Gasteiger charge is 2.18. The van der Waals surface area contributed by atoms with E-state index in [1.165, 1.54) is 0 Å². The maximum absolute atomic E-state index is 9.55. The lowest BCUT2D eigenvalue weighted by Gasteiger charge is -2.18. The lowest BCUT2D eigenvalue weighted by molar-refractivity contribution is 0.130. The average Bonchev–Trinajstić information content (AvgIpc) is 2.86. The predicted octanol–water partition coefficient (Wildman–Crippen LogP) is 1.37. The minimum atomic E-state index is -0.224. The number of hydrogen-bond acceptors (Lipinski definition) is 3. The van der Waals surface area contributed by atoms with E-state index in [1.807, 2.05) is 22.9 Å². The van der Waals surface area contributed by atoms with Crippen LogP contribution < -0.4 is 0 Å². The van der Waals surface area contributed by atoms with Crippen molar-refractivity contribution in [3.05, 3.63) is 41.9 Å². The number of aliphatic hydroxyl groups is 1. The van der Waals surface area contributed by atoms with Gasteiger partial charge in [-0.1, -0.05) is 0 Å². The second-order valence-electron chi connectivity index (χ2n) is 4.25. The SMILES string of the molecule is OC1CCc2nc(Cc3ccco3)cn2C1. The van der Waals surface area contributed by atoms with Gasteiger partial charge < -0.3 is 14.1 Å². The Morgan fingerprint density at radius 3 is 3.31 bits per heavy atom. The summed E-state index contributed by atoms with van der Waals surface area (Å²) in [5, 5.41) is 9.55. The summed E-state index contributed by atoms with van der Waals surface area (Å²) in [6.07, 6.45) is 5.87. The van der Waals surface area contributed by atoms with E-state index in [2.05, 4.69) is 4.98 Å². The van der Waals surface area contributed by atoms with E-state index in [0.29, 0.717) is 6.54 Å². The van der Waals surface area contributed by atoms with Gasteiger partial charge in [0.2, 0.25) is 0 Å². The number of hydrogen-bond donors (Lipinski definition) is 1. The molecular weight excluding hydrogens is 204 g/mol. The van der Waals surface area contributed by atoms with Gasteiger partial charge in [-0.15, -0.1) is 0 Å². The molecule has 1 aliphatic rings. The van der Waals surface area contributed by atoms with E-state index in [0.717, 1.165) is 36.5 Å². The van der Waals surface area contributed by atoms with E-state index in [-0.39, 0.29) is 6.10 Å². The lowest BCUT2D eigenvalue weighted by Crippen LogP contribution is -2.23. The van der Waals surface area contributed by atoms with Gasteiger partial charge in [0.05, 0.1) is 18.1 Å². The normalized spacial score (nSPS) is 19.7. The Bertz CT molecular complexity index is 473. The van der Waals surface area contributed by atoms with Gasteiger partial charge in [0.1, 0.15) is 11.6 Å². The molecule has 4 nitrogen and oxygen atoms in total. The number of furan rings is 1. The minimum absolute atomic E-state index is 0.224. The van der Waals surface area contributed by atoms with Crippen molar-refractivity contribution in [1.29, 1.82) is 0 Å². The molecule has 0 bridgehead atoms. The van der Waals surface area contributed by atoms with E-state index in [1.54, 1.807) is 6.26 Å². The maximum Gasteiger partial charge on any atom is 0.109 e. The molecule has 3 heterocycles. The molecule has 0 saturated carbocycles. The second kappa shape index (κ2) is 3.79. The summed E-state index contributed by atoms with van der Waals surface area (Å²) in [6.45, 7) is 0.667. The third kappa shape index (κ3) is 1.76. The van der Waals surface area contributed by atoms with Crippen molar-refractivity contribution >= 4 is 0 Å². The Morgan fingerprint density at radius 1 is 1.56 bits per heavy atom. The monoisotopic (exact) mass is 218 g/mol. The van der Waals surface area contributed by atoms with Crippen LogP contribution in [-0.2, 0) is 19.4 Å². The molecule has 0 fully saturated rings. The summed E-state index contributed by atoms with van der Waals surface area (Å²) in [5.41, 5.74) is 1.01. The van der Waals surface area contributed by atoms with Gasteiger partial charge in [-0.25, -0.2) is 4.98 Å². The number of aliphatic hydroxyl groups excluding tert-OH is 1. The number of imidazole rings is 1. The van der Waals surface area contributed by atoms with Crippen molar-refractivity contribution in [2.45, 2.75) is 31.9 Å². The van der Waals surface area contributed by atoms with Crippen molar-refractivity contribution < 1.29 is 9.52 Å². The smallest absolute Gasteiger partial charge is 0.109 e. The zero-order valence-electron chi connectivity index (χ0n) is 8.97. The summed E-state index contributed by atoms with van der Waals surface area (Å²) >= 11 is 0. The summed E-state index contributed by atoms with van der Waals surface area (Å²) in [7, 11) is 0. The molecule has 0 amide bonds. The highest BCUT2D eigenvalue weighted by Crippen LogP contribution is 2.17. The molecule has 1 atom stereocenters. The fourth-order valence-corrected chi connectivity index (χ4v) is 2.16. The number of rotatable bonds is 2. The van der Waals surface area contributed by atoms with Crippen LogP contribution in [0.4, 0.5) is 0 Å².